The van der Waals surface area contributed by atoms with Crippen LogP contribution < -0.4 is 10.2 Å². The number of aromatic nitrogens is 5. The number of nitrogens with one attached hydrogen (secondary N) is 1. The van der Waals surface area contributed by atoms with E-state index < -0.39 is 0 Å². The van der Waals surface area contributed by atoms with Crippen LogP contribution in [0.2, 0.25) is 0 Å². The molecule has 0 spiro atoms. The summed E-state index contributed by atoms with van der Waals surface area (Å²) >= 11 is 0. The van der Waals surface area contributed by atoms with Crippen molar-refractivity contribution in [2.24, 2.45) is 7.05 Å². The monoisotopic (exact) mass is 443 g/mol. The van der Waals surface area contributed by atoms with E-state index in [9.17, 15) is 9.18 Å². The van der Waals surface area contributed by atoms with Crippen molar-refractivity contribution in [1.82, 2.24) is 24.7 Å². The smallest absolute Gasteiger partial charge is 0.232 e. The molecule has 33 heavy (non-hydrogen) atoms. The molecule has 0 unspecified atom stereocenters. The molecule has 3 aromatic heterocycles. The van der Waals surface area contributed by atoms with E-state index in [4.69, 9.17) is 0 Å². The average molecular weight is 443 g/mol. The number of nitrogens with zero attached hydrogens (tertiary/aromatic N) is 6. The van der Waals surface area contributed by atoms with Crippen LogP contribution in [0.25, 0.3) is 11.3 Å². The highest BCUT2D eigenvalue weighted by molar-refractivity contribution is 5.96. The van der Waals surface area contributed by atoms with Crippen LogP contribution in [0, 0.1) is 12.7 Å². The second-order valence-electron chi connectivity index (χ2n) is 7.96. The maximum absolute atomic E-state index is 14.4. The van der Waals surface area contributed by atoms with Crippen LogP contribution in [0.15, 0.2) is 55.0 Å². The molecule has 4 aromatic rings. The number of rotatable bonds is 5. The number of amides is 1. The topological polar surface area (TPSA) is 88.8 Å². The fourth-order valence-corrected chi connectivity index (χ4v) is 3.95. The molecule has 5 rings (SSSR count). The summed E-state index contributed by atoms with van der Waals surface area (Å²) in [5.74, 6) is 1.36. The summed E-state index contributed by atoms with van der Waals surface area (Å²) in [7, 11) is 1.83. The van der Waals surface area contributed by atoms with Gasteiger partial charge < -0.3 is 5.32 Å². The molecule has 166 valence electrons. The van der Waals surface area contributed by atoms with Gasteiger partial charge in [-0.05, 0) is 42.2 Å². The molecule has 0 radical (unpaired) electrons. The van der Waals surface area contributed by atoms with E-state index in [1.807, 2.05) is 25.2 Å². The van der Waals surface area contributed by atoms with Crippen molar-refractivity contribution in [2.45, 2.75) is 19.8 Å². The molecule has 1 aliphatic heterocycles. The Morgan fingerprint density at radius 3 is 2.88 bits per heavy atom. The van der Waals surface area contributed by atoms with E-state index in [-0.39, 0.29) is 18.1 Å². The van der Waals surface area contributed by atoms with E-state index in [0.29, 0.717) is 35.9 Å². The van der Waals surface area contributed by atoms with Crippen LogP contribution in [-0.2, 0) is 24.7 Å². The Morgan fingerprint density at radius 2 is 2.06 bits per heavy atom. The van der Waals surface area contributed by atoms with E-state index >= 15 is 0 Å². The Kier molecular flexibility index (Phi) is 5.29. The van der Waals surface area contributed by atoms with E-state index in [2.05, 4.69) is 25.4 Å². The maximum atomic E-state index is 14.4. The number of aryl methyl sites for hydroxylation is 2. The summed E-state index contributed by atoms with van der Waals surface area (Å²) in [4.78, 5) is 28.0. The van der Waals surface area contributed by atoms with Crippen LogP contribution >= 0.6 is 0 Å². The predicted molar refractivity (Wildman–Crippen MR) is 123 cm³/mol. The van der Waals surface area contributed by atoms with Gasteiger partial charge in [0, 0.05) is 37.6 Å². The normalized spacial score (nSPS) is 12.6. The number of fused-ring (bicyclic) bond motifs is 1. The van der Waals surface area contributed by atoms with Gasteiger partial charge in [0.15, 0.2) is 0 Å². The van der Waals surface area contributed by atoms with Gasteiger partial charge in [-0.3, -0.25) is 14.4 Å². The Hall–Kier alpha value is -4.14. The van der Waals surface area contributed by atoms with Gasteiger partial charge in [-0.1, -0.05) is 18.2 Å². The van der Waals surface area contributed by atoms with E-state index in [1.165, 1.54) is 0 Å². The van der Waals surface area contributed by atoms with Crippen LogP contribution in [0.1, 0.15) is 16.7 Å². The molecule has 0 bridgehead atoms. The standard InChI is InChI=1S/C24H22FN7O/c1-15-4-3-5-16(22(15)25)13-21(33)32-11-8-17-12-18(14-27-23(17)32)19-6-9-26-24(29-19)30-20-7-10-28-31(20)2/h3-7,9-10,12,14H,8,11,13H2,1-2H3,(H,26,29,30). The van der Waals surface area contributed by atoms with Gasteiger partial charge in [-0.15, -0.1) is 0 Å². The summed E-state index contributed by atoms with van der Waals surface area (Å²) in [6.07, 6.45) is 5.76. The first-order valence-electron chi connectivity index (χ1n) is 10.6. The summed E-state index contributed by atoms with van der Waals surface area (Å²) in [5.41, 5.74) is 3.46. The lowest BCUT2D eigenvalue weighted by molar-refractivity contribution is -0.118. The lowest BCUT2D eigenvalue weighted by Gasteiger charge is -2.17. The molecule has 0 atom stereocenters. The Labute approximate surface area is 190 Å². The van der Waals surface area contributed by atoms with Crippen molar-refractivity contribution in [2.75, 3.05) is 16.8 Å². The number of benzene rings is 1. The van der Waals surface area contributed by atoms with Gasteiger partial charge >= 0.3 is 0 Å². The number of hydrogen-bond acceptors (Lipinski definition) is 6. The molecule has 0 saturated heterocycles. The number of carbonyl (C=O) groups is 1. The summed E-state index contributed by atoms with van der Waals surface area (Å²) < 4.78 is 16.0. The Balaban J connectivity index is 1.36. The van der Waals surface area contributed by atoms with Gasteiger partial charge in [0.2, 0.25) is 11.9 Å². The van der Waals surface area contributed by atoms with Crippen molar-refractivity contribution in [3.63, 3.8) is 0 Å². The second-order valence-corrected chi connectivity index (χ2v) is 7.96. The molecule has 1 amide bonds. The zero-order valence-corrected chi connectivity index (χ0v) is 18.3. The Bertz CT molecular complexity index is 1350. The van der Waals surface area contributed by atoms with Crippen molar-refractivity contribution < 1.29 is 9.18 Å². The molecule has 0 aliphatic carbocycles. The van der Waals surface area contributed by atoms with Crippen molar-refractivity contribution in [3.8, 4) is 11.3 Å². The molecule has 1 aromatic carbocycles. The zero-order chi connectivity index (χ0) is 22.9. The van der Waals surface area contributed by atoms with Gasteiger partial charge in [0.25, 0.3) is 0 Å². The molecular formula is C24H22FN7O. The molecule has 8 nitrogen and oxygen atoms in total. The van der Waals surface area contributed by atoms with Crippen molar-refractivity contribution in [3.05, 3.63) is 77.5 Å². The zero-order valence-electron chi connectivity index (χ0n) is 18.3. The maximum Gasteiger partial charge on any atom is 0.232 e. The third-order valence-corrected chi connectivity index (χ3v) is 5.73. The molecule has 1 N–H and O–H groups in total. The van der Waals surface area contributed by atoms with E-state index in [1.54, 1.807) is 53.3 Å². The SMILES string of the molecule is Cc1cccc(CC(=O)N2CCc3cc(-c4ccnc(Nc5ccnn5C)n4)cnc32)c1F. The highest BCUT2D eigenvalue weighted by Crippen LogP contribution is 2.30. The first-order valence-corrected chi connectivity index (χ1v) is 10.6. The van der Waals surface area contributed by atoms with Crippen LogP contribution in [0.3, 0.4) is 0 Å². The van der Waals surface area contributed by atoms with Crippen molar-refractivity contribution in [1.29, 1.82) is 0 Å². The first-order chi connectivity index (χ1) is 16.0. The van der Waals surface area contributed by atoms with Crippen LogP contribution in [0.4, 0.5) is 22.0 Å². The van der Waals surface area contributed by atoms with Gasteiger partial charge in [0.1, 0.15) is 17.5 Å². The third kappa shape index (κ3) is 4.05. The van der Waals surface area contributed by atoms with E-state index in [0.717, 1.165) is 22.6 Å². The summed E-state index contributed by atoms with van der Waals surface area (Å²) in [6, 6.07) is 10.8. The van der Waals surface area contributed by atoms with Crippen molar-refractivity contribution >= 4 is 23.5 Å². The number of hydrogen-bond donors (Lipinski definition) is 1. The summed E-state index contributed by atoms with van der Waals surface area (Å²) in [5, 5.41) is 7.27. The fourth-order valence-electron chi connectivity index (χ4n) is 3.95. The molecule has 4 heterocycles. The quantitative estimate of drug-likeness (QED) is 0.507. The molecule has 1 aliphatic rings. The lowest BCUT2D eigenvalue weighted by Crippen LogP contribution is -2.31. The minimum absolute atomic E-state index is 0.00529. The molecule has 0 fully saturated rings. The first kappa shape index (κ1) is 20.7. The lowest BCUT2D eigenvalue weighted by atomic mass is 10.1. The number of pyridine rings is 1. The van der Waals surface area contributed by atoms with Gasteiger partial charge in [0.05, 0.1) is 18.3 Å². The third-order valence-electron chi connectivity index (χ3n) is 5.73. The van der Waals surface area contributed by atoms with Crippen LogP contribution in [0.5, 0.6) is 0 Å². The number of anilines is 3. The average Bonchev–Trinajstić information content (AvgIpc) is 3.42. The second kappa shape index (κ2) is 8.42. The fraction of sp³-hybridized carbons (Fsp3) is 0.208. The van der Waals surface area contributed by atoms with Gasteiger partial charge in [-0.2, -0.15) is 5.10 Å². The summed E-state index contributed by atoms with van der Waals surface area (Å²) in [6.45, 7) is 2.22. The highest BCUT2D eigenvalue weighted by Gasteiger charge is 2.27. The minimum atomic E-state index is -0.326. The van der Waals surface area contributed by atoms with Crippen LogP contribution in [-0.4, -0.2) is 37.2 Å². The molecule has 9 heteroatoms. The Morgan fingerprint density at radius 1 is 1.18 bits per heavy atom. The number of carbonyl (C=O) groups excluding carboxylic acids is 1. The van der Waals surface area contributed by atoms with Gasteiger partial charge in [-0.25, -0.2) is 19.3 Å². The minimum Gasteiger partial charge on any atom is -0.309 e. The number of halogens is 1. The molecule has 0 saturated carbocycles. The molecular weight excluding hydrogens is 421 g/mol. The highest BCUT2D eigenvalue weighted by atomic mass is 19.1. The largest absolute Gasteiger partial charge is 0.309 e. The predicted octanol–water partition coefficient (Wildman–Crippen LogP) is 3.60.